The van der Waals surface area contributed by atoms with Gasteiger partial charge >= 0.3 is 6.18 Å². The Morgan fingerprint density at radius 1 is 1.36 bits per heavy atom. The Morgan fingerprint density at radius 2 is 2.16 bits per heavy atom. The molecule has 0 aliphatic carbocycles. The molecule has 1 aliphatic rings. The van der Waals surface area contributed by atoms with Gasteiger partial charge in [-0.2, -0.15) is 24.9 Å². The standard InChI is InChI=1S/C14H21F3N6S.HI/c1-18-12(22-9-10-3-2-8-24-10)20-6-7-21-13-19-5-4-11(23-13)14(15,16)17;/h4-5,10H,2-3,6-9H2,1H3,(H2,18,20,22)(H,19,21,23);1H. The number of aromatic nitrogens is 2. The van der Waals surface area contributed by atoms with Gasteiger partial charge in [-0.05, 0) is 24.7 Å². The number of rotatable bonds is 6. The highest BCUT2D eigenvalue weighted by Crippen LogP contribution is 2.27. The number of hydrogen-bond acceptors (Lipinski definition) is 5. The van der Waals surface area contributed by atoms with E-state index in [0.29, 0.717) is 24.3 Å². The minimum absolute atomic E-state index is 0. The fraction of sp³-hybridized carbons (Fsp3) is 0.643. The Bertz CT molecular complexity index is 552. The van der Waals surface area contributed by atoms with Crippen molar-refractivity contribution in [3.8, 4) is 0 Å². The van der Waals surface area contributed by atoms with Gasteiger partial charge in [0, 0.05) is 38.1 Å². The molecule has 1 aromatic heterocycles. The van der Waals surface area contributed by atoms with Crippen LogP contribution in [0, 0.1) is 0 Å². The molecule has 0 radical (unpaired) electrons. The normalized spacial score (nSPS) is 17.8. The van der Waals surface area contributed by atoms with Crippen LogP contribution in [0.15, 0.2) is 17.3 Å². The topological polar surface area (TPSA) is 74.2 Å². The Balaban J connectivity index is 0.00000312. The second-order valence-electron chi connectivity index (χ2n) is 5.20. The summed E-state index contributed by atoms with van der Waals surface area (Å²) in [6.07, 6.45) is -0.916. The lowest BCUT2D eigenvalue weighted by atomic mass is 10.2. The van der Waals surface area contributed by atoms with E-state index in [1.807, 2.05) is 11.8 Å². The van der Waals surface area contributed by atoms with Crippen LogP contribution in [-0.2, 0) is 6.18 Å². The first-order valence-electron chi connectivity index (χ1n) is 7.69. The first kappa shape index (κ1) is 22.1. The van der Waals surface area contributed by atoms with Crippen LogP contribution in [0.3, 0.4) is 0 Å². The molecular weight excluding hydrogens is 468 g/mol. The van der Waals surface area contributed by atoms with Crippen LogP contribution >= 0.6 is 35.7 Å². The van der Waals surface area contributed by atoms with Crippen molar-refractivity contribution in [1.29, 1.82) is 0 Å². The molecule has 1 atom stereocenters. The number of anilines is 1. The van der Waals surface area contributed by atoms with Gasteiger partial charge in [-0.25, -0.2) is 9.97 Å². The van der Waals surface area contributed by atoms with Gasteiger partial charge in [-0.1, -0.05) is 0 Å². The summed E-state index contributed by atoms with van der Waals surface area (Å²) in [6.45, 7) is 1.71. The molecular formula is C14H22F3IN6S. The Morgan fingerprint density at radius 3 is 2.80 bits per heavy atom. The molecule has 1 unspecified atom stereocenters. The summed E-state index contributed by atoms with van der Waals surface area (Å²) in [5.74, 6) is 1.84. The number of hydrogen-bond donors (Lipinski definition) is 3. The van der Waals surface area contributed by atoms with Gasteiger partial charge in [-0.3, -0.25) is 4.99 Å². The van der Waals surface area contributed by atoms with Crippen LogP contribution < -0.4 is 16.0 Å². The zero-order chi connectivity index (χ0) is 17.4. The van der Waals surface area contributed by atoms with E-state index in [0.717, 1.165) is 18.8 Å². The average Bonchev–Trinajstić information content (AvgIpc) is 3.07. The lowest BCUT2D eigenvalue weighted by Crippen LogP contribution is -2.41. The monoisotopic (exact) mass is 490 g/mol. The molecule has 25 heavy (non-hydrogen) atoms. The van der Waals surface area contributed by atoms with Crippen molar-refractivity contribution in [2.75, 3.05) is 37.8 Å². The third kappa shape index (κ3) is 7.84. The number of thioether (sulfide) groups is 1. The molecule has 1 saturated heterocycles. The van der Waals surface area contributed by atoms with Crippen molar-refractivity contribution < 1.29 is 13.2 Å². The van der Waals surface area contributed by atoms with E-state index >= 15 is 0 Å². The maximum absolute atomic E-state index is 12.6. The summed E-state index contributed by atoms with van der Waals surface area (Å²) >= 11 is 1.96. The van der Waals surface area contributed by atoms with E-state index in [1.54, 1.807) is 7.05 Å². The van der Waals surface area contributed by atoms with Gasteiger partial charge in [0.2, 0.25) is 5.95 Å². The SMILES string of the molecule is CN=C(NCCNc1nccc(C(F)(F)F)n1)NCC1CCCS1.I. The first-order chi connectivity index (χ1) is 11.5. The third-order valence-corrected chi connectivity index (χ3v) is 4.79. The summed E-state index contributed by atoms with van der Waals surface area (Å²) in [5, 5.41) is 9.72. The summed E-state index contributed by atoms with van der Waals surface area (Å²) < 4.78 is 37.7. The smallest absolute Gasteiger partial charge is 0.355 e. The fourth-order valence-corrected chi connectivity index (χ4v) is 3.39. The number of nitrogens with zero attached hydrogens (tertiary/aromatic N) is 3. The highest BCUT2D eigenvalue weighted by Gasteiger charge is 2.32. The first-order valence-corrected chi connectivity index (χ1v) is 8.74. The molecule has 1 aliphatic heterocycles. The average molecular weight is 490 g/mol. The molecule has 1 aromatic rings. The van der Waals surface area contributed by atoms with Crippen molar-refractivity contribution in [3.63, 3.8) is 0 Å². The molecule has 0 spiro atoms. The Kier molecular flexibility index (Phi) is 9.61. The minimum Gasteiger partial charge on any atom is -0.355 e. The van der Waals surface area contributed by atoms with Crippen LogP contribution in [-0.4, -0.2) is 53.6 Å². The fourth-order valence-electron chi connectivity index (χ4n) is 2.19. The van der Waals surface area contributed by atoms with Gasteiger partial charge in [0.25, 0.3) is 0 Å². The number of halogens is 4. The molecule has 0 aromatic carbocycles. The summed E-state index contributed by atoms with van der Waals surface area (Å²) in [7, 11) is 1.68. The predicted octanol–water partition coefficient (Wildman–Crippen LogP) is 2.59. The lowest BCUT2D eigenvalue weighted by molar-refractivity contribution is -0.141. The van der Waals surface area contributed by atoms with Crippen LogP contribution in [0.5, 0.6) is 0 Å². The van der Waals surface area contributed by atoms with Crippen molar-refractivity contribution in [3.05, 3.63) is 18.0 Å². The summed E-state index contributed by atoms with van der Waals surface area (Å²) in [4.78, 5) is 11.3. The highest BCUT2D eigenvalue weighted by atomic mass is 127. The van der Waals surface area contributed by atoms with E-state index < -0.39 is 11.9 Å². The molecule has 0 bridgehead atoms. The molecule has 142 valence electrons. The Labute approximate surface area is 166 Å². The second-order valence-corrected chi connectivity index (χ2v) is 6.61. The minimum atomic E-state index is -4.47. The molecule has 0 amide bonds. The number of nitrogens with one attached hydrogen (secondary N) is 3. The predicted molar refractivity (Wildman–Crippen MR) is 106 cm³/mol. The quantitative estimate of drug-likeness (QED) is 0.247. The van der Waals surface area contributed by atoms with Crippen LogP contribution in [0.4, 0.5) is 19.1 Å². The van der Waals surface area contributed by atoms with Crippen LogP contribution in [0.25, 0.3) is 0 Å². The highest BCUT2D eigenvalue weighted by molar-refractivity contribution is 14.0. The molecule has 11 heteroatoms. The molecule has 1 fully saturated rings. The maximum Gasteiger partial charge on any atom is 0.433 e. The van der Waals surface area contributed by atoms with Crippen molar-refractivity contribution in [2.24, 2.45) is 4.99 Å². The zero-order valence-corrected chi connectivity index (χ0v) is 16.9. The van der Waals surface area contributed by atoms with E-state index in [9.17, 15) is 13.2 Å². The Hall–Kier alpha value is -0.980. The van der Waals surface area contributed by atoms with E-state index in [-0.39, 0.29) is 29.9 Å². The molecule has 6 nitrogen and oxygen atoms in total. The van der Waals surface area contributed by atoms with E-state index in [4.69, 9.17) is 0 Å². The second kappa shape index (κ2) is 10.9. The number of aliphatic imine (C=N–C) groups is 1. The van der Waals surface area contributed by atoms with Crippen molar-refractivity contribution >= 4 is 47.6 Å². The van der Waals surface area contributed by atoms with Crippen molar-refractivity contribution in [2.45, 2.75) is 24.3 Å². The maximum atomic E-state index is 12.6. The number of alkyl halides is 3. The van der Waals surface area contributed by atoms with Gasteiger partial charge in [0.05, 0.1) is 0 Å². The van der Waals surface area contributed by atoms with E-state index in [2.05, 4.69) is 30.9 Å². The van der Waals surface area contributed by atoms with Crippen molar-refractivity contribution in [1.82, 2.24) is 20.6 Å². The van der Waals surface area contributed by atoms with Gasteiger partial charge in [-0.15, -0.1) is 24.0 Å². The van der Waals surface area contributed by atoms with Gasteiger partial charge in [0.1, 0.15) is 5.69 Å². The summed E-state index contributed by atoms with van der Waals surface area (Å²) in [5.41, 5.74) is -0.959. The van der Waals surface area contributed by atoms with E-state index in [1.165, 1.54) is 18.6 Å². The molecule has 2 heterocycles. The van der Waals surface area contributed by atoms with Gasteiger partial charge < -0.3 is 16.0 Å². The van der Waals surface area contributed by atoms with Crippen LogP contribution in [0.1, 0.15) is 18.5 Å². The third-order valence-electron chi connectivity index (χ3n) is 3.39. The largest absolute Gasteiger partial charge is 0.433 e. The molecule has 2 rings (SSSR count). The molecule has 3 N–H and O–H groups in total. The summed E-state index contributed by atoms with van der Waals surface area (Å²) in [6, 6.07) is 0.843. The van der Waals surface area contributed by atoms with Gasteiger partial charge in [0.15, 0.2) is 5.96 Å². The number of guanidine groups is 1. The lowest BCUT2D eigenvalue weighted by Gasteiger charge is -2.15. The zero-order valence-electron chi connectivity index (χ0n) is 13.8. The molecule has 0 saturated carbocycles. The van der Waals surface area contributed by atoms with Crippen LogP contribution in [0.2, 0.25) is 0 Å².